The number of hydrogen-bond donors (Lipinski definition) is 1. The van der Waals surface area contributed by atoms with Crippen molar-refractivity contribution in [2.75, 3.05) is 6.54 Å². The standard InChI is InChI=1S/C28H33ClN2O3S/c1-20-16-21(2)28(22(3)17-20)35(33,34)31(18-25-12-14-26(29)15-13-25)19-27(32)30-23(4)10-11-24-8-6-5-7-9-24/h5-9,12-17,23H,10-11,18-19H2,1-4H3,(H,30,32)/t23-/m0/s1. The Bertz CT molecular complexity index is 1240. The molecule has 3 rings (SSSR count). The van der Waals surface area contributed by atoms with Gasteiger partial charge in [-0.3, -0.25) is 4.79 Å². The van der Waals surface area contributed by atoms with Crippen molar-refractivity contribution in [3.05, 3.63) is 99.6 Å². The summed E-state index contributed by atoms with van der Waals surface area (Å²) < 4.78 is 28.9. The predicted octanol–water partition coefficient (Wildman–Crippen LogP) is 5.59. The van der Waals surface area contributed by atoms with Gasteiger partial charge in [-0.05, 0) is 74.9 Å². The van der Waals surface area contributed by atoms with Crippen LogP contribution in [0.4, 0.5) is 0 Å². The molecule has 0 unspecified atom stereocenters. The Morgan fingerprint density at radius 3 is 2.14 bits per heavy atom. The molecule has 1 atom stereocenters. The van der Waals surface area contributed by atoms with E-state index < -0.39 is 10.0 Å². The van der Waals surface area contributed by atoms with Crippen LogP contribution in [-0.4, -0.2) is 31.2 Å². The van der Waals surface area contributed by atoms with Crippen LogP contribution in [0.3, 0.4) is 0 Å². The predicted molar refractivity (Wildman–Crippen MR) is 142 cm³/mol. The highest BCUT2D eigenvalue weighted by Crippen LogP contribution is 2.26. The molecular formula is C28H33ClN2O3S. The second kappa shape index (κ2) is 11.8. The summed E-state index contributed by atoms with van der Waals surface area (Å²) in [5.41, 5.74) is 4.28. The van der Waals surface area contributed by atoms with Crippen LogP contribution >= 0.6 is 11.6 Å². The fourth-order valence-corrected chi connectivity index (χ4v) is 6.22. The molecular weight excluding hydrogens is 480 g/mol. The monoisotopic (exact) mass is 512 g/mol. The SMILES string of the molecule is Cc1cc(C)c(S(=O)(=O)N(CC(=O)N[C@@H](C)CCc2ccccc2)Cc2ccc(Cl)cc2)c(C)c1. The fraction of sp³-hybridized carbons (Fsp3) is 0.321. The first-order valence-electron chi connectivity index (χ1n) is 11.7. The molecule has 3 aromatic carbocycles. The molecule has 0 heterocycles. The zero-order valence-electron chi connectivity index (χ0n) is 20.7. The maximum Gasteiger partial charge on any atom is 0.244 e. The van der Waals surface area contributed by atoms with Gasteiger partial charge in [-0.2, -0.15) is 4.31 Å². The largest absolute Gasteiger partial charge is 0.352 e. The zero-order chi connectivity index (χ0) is 25.6. The van der Waals surface area contributed by atoms with E-state index in [0.29, 0.717) is 16.1 Å². The van der Waals surface area contributed by atoms with Crippen LogP contribution in [0.1, 0.15) is 41.2 Å². The minimum absolute atomic E-state index is 0.0675. The summed E-state index contributed by atoms with van der Waals surface area (Å²) in [5.74, 6) is -0.328. The third-order valence-corrected chi connectivity index (χ3v) is 8.26. The van der Waals surface area contributed by atoms with Crippen molar-refractivity contribution < 1.29 is 13.2 Å². The molecule has 0 aliphatic carbocycles. The summed E-state index contributed by atoms with van der Waals surface area (Å²) in [6.07, 6.45) is 1.59. The second-order valence-corrected chi connectivity index (χ2v) is 11.4. The quantitative estimate of drug-likeness (QED) is 0.385. The molecule has 0 radical (unpaired) electrons. The van der Waals surface area contributed by atoms with E-state index in [2.05, 4.69) is 17.4 Å². The zero-order valence-corrected chi connectivity index (χ0v) is 22.3. The van der Waals surface area contributed by atoms with Gasteiger partial charge < -0.3 is 5.32 Å². The number of aryl methyl sites for hydroxylation is 4. The highest BCUT2D eigenvalue weighted by atomic mass is 35.5. The molecule has 0 aliphatic rings. The summed E-state index contributed by atoms with van der Waals surface area (Å²) in [4.78, 5) is 13.2. The van der Waals surface area contributed by atoms with Crippen LogP contribution in [0.5, 0.6) is 0 Å². The molecule has 0 saturated carbocycles. The number of sulfonamides is 1. The van der Waals surface area contributed by atoms with E-state index in [-0.39, 0.29) is 29.9 Å². The first-order valence-corrected chi connectivity index (χ1v) is 13.5. The van der Waals surface area contributed by atoms with Crippen molar-refractivity contribution in [3.8, 4) is 0 Å². The maximum atomic E-state index is 13.8. The third kappa shape index (κ3) is 7.40. The van der Waals surface area contributed by atoms with Crippen molar-refractivity contribution in [1.29, 1.82) is 0 Å². The van der Waals surface area contributed by atoms with Gasteiger partial charge in [0.1, 0.15) is 0 Å². The summed E-state index contributed by atoms with van der Waals surface area (Å²) in [5, 5.41) is 3.54. The molecule has 1 N–H and O–H groups in total. The van der Waals surface area contributed by atoms with E-state index >= 15 is 0 Å². The van der Waals surface area contributed by atoms with Gasteiger partial charge in [-0.15, -0.1) is 0 Å². The Kier molecular flexibility index (Phi) is 9.11. The Labute approximate surface area is 214 Å². The number of nitrogens with one attached hydrogen (secondary N) is 1. The number of amides is 1. The van der Waals surface area contributed by atoms with E-state index in [1.165, 1.54) is 9.87 Å². The first kappa shape index (κ1) is 26.9. The molecule has 1 amide bonds. The smallest absolute Gasteiger partial charge is 0.244 e. The molecule has 0 aliphatic heterocycles. The van der Waals surface area contributed by atoms with Crippen molar-refractivity contribution >= 4 is 27.5 Å². The van der Waals surface area contributed by atoms with Crippen molar-refractivity contribution in [3.63, 3.8) is 0 Å². The molecule has 35 heavy (non-hydrogen) atoms. The number of carbonyl (C=O) groups excluding carboxylic acids is 1. The van der Waals surface area contributed by atoms with Gasteiger partial charge in [0.15, 0.2) is 0 Å². The number of rotatable bonds is 10. The fourth-order valence-electron chi connectivity index (χ4n) is 4.30. The normalized spacial score (nSPS) is 12.5. The lowest BCUT2D eigenvalue weighted by Crippen LogP contribution is -2.43. The van der Waals surface area contributed by atoms with Crippen LogP contribution in [0.25, 0.3) is 0 Å². The Balaban J connectivity index is 1.80. The minimum Gasteiger partial charge on any atom is -0.352 e. The Morgan fingerprint density at radius 2 is 1.54 bits per heavy atom. The van der Waals surface area contributed by atoms with Crippen molar-refractivity contribution in [2.45, 2.75) is 58.0 Å². The van der Waals surface area contributed by atoms with Crippen LogP contribution in [0.2, 0.25) is 5.02 Å². The third-order valence-electron chi connectivity index (χ3n) is 5.91. The van der Waals surface area contributed by atoms with E-state index in [1.54, 1.807) is 38.1 Å². The van der Waals surface area contributed by atoms with Crippen LogP contribution < -0.4 is 5.32 Å². The minimum atomic E-state index is -3.93. The number of benzene rings is 3. The number of carbonyl (C=O) groups is 1. The molecule has 0 saturated heterocycles. The number of nitrogens with zero attached hydrogens (tertiary/aromatic N) is 1. The molecule has 0 fully saturated rings. The summed E-state index contributed by atoms with van der Waals surface area (Å²) in [7, 11) is -3.93. The van der Waals surface area contributed by atoms with E-state index in [9.17, 15) is 13.2 Å². The van der Waals surface area contributed by atoms with E-state index in [0.717, 1.165) is 24.0 Å². The maximum absolute atomic E-state index is 13.8. The van der Waals surface area contributed by atoms with Gasteiger partial charge in [0.2, 0.25) is 15.9 Å². The summed E-state index contributed by atoms with van der Waals surface area (Å²) >= 11 is 6.01. The van der Waals surface area contributed by atoms with Crippen LogP contribution in [0, 0.1) is 20.8 Å². The van der Waals surface area contributed by atoms with Gasteiger partial charge >= 0.3 is 0 Å². The number of hydrogen-bond acceptors (Lipinski definition) is 3. The lowest BCUT2D eigenvalue weighted by atomic mass is 10.1. The molecule has 0 aromatic heterocycles. The average Bonchev–Trinajstić information content (AvgIpc) is 2.78. The van der Waals surface area contributed by atoms with Crippen molar-refractivity contribution in [1.82, 2.24) is 9.62 Å². The Hall–Kier alpha value is -2.67. The number of halogens is 1. The van der Waals surface area contributed by atoms with Crippen LogP contribution in [0.15, 0.2) is 71.6 Å². The first-order chi connectivity index (χ1) is 16.6. The van der Waals surface area contributed by atoms with E-state index in [1.807, 2.05) is 44.2 Å². The topological polar surface area (TPSA) is 66.5 Å². The van der Waals surface area contributed by atoms with Gasteiger partial charge in [0.25, 0.3) is 0 Å². The van der Waals surface area contributed by atoms with Gasteiger partial charge in [0, 0.05) is 17.6 Å². The van der Waals surface area contributed by atoms with Gasteiger partial charge in [-0.1, -0.05) is 71.8 Å². The van der Waals surface area contributed by atoms with E-state index in [4.69, 9.17) is 11.6 Å². The molecule has 5 nitrogen and oxygen atoms in total. The Morgan fingerprint density at radius 1 is 0.943 bits per heavy atom. The van der Waals surface area contributed by atoms with Gasteiger partial charge in [-0.25, -0.2) is 8.42 Å². The lowest BCUT2D eigenvalue weighted by molar-refractivity contribution is -0.122. The van der Waals surface area contributed by atoms with Gasteiger partial charge in [0.05, 0.1) is 11.4 Å². The summed E-state index contributed by atoms with van der Waals surface area (Å²) in [6, 6.07) is 20.7. The average molecular weight is 513 g/mol. The molecule has 186 valence electrons. The molecule has 0 bridgehead atoms. The van der Waals surface area contributed by atoms with Crippen LogP contribution in [-0.2, 0) is 27.8 Å². The highest BCUT2D eigenvalue weighted by molar-refractivity contribution is 7.89. The molecule has 7 heteroatoms. The second-order valence-electron chi connectivity index (χ2n) is 9.12. The molecule has 3 aromatic rings. The molecule has 0 spiro atoms. The van der Waals surface area contributed by atoms with Crippen molar-refractivity contribution in [2.24, 2.45) is 0 Å². The highest BCUT2D eigenvalue weighted by Gasteiger charge is 2.30. The lowest BCUT2D eigenvalue weighted by Gasteiger charge is -2.25. The summed E-state index contributed by atoms with van der Waals surface area (Å²) in [6.45, 7) is 7.25.